The first kappa shape index (κ1) is 12.5. The minimum atomic E-state index is 0.0750. The molecule has 3 rings (SSSR count). The molecule has 1 aromatic rings. The number of hydrogen-bond acceptors (Lipinski definition) is 3. The van der Waals surface area contributed by atoms with Gasteiger partial charge in [0.25, 0.3) is 0 Å². The van der Waals surface area contributed by atoms with Crippen molar-refractivity contribution < 1.29 is 9.53 Å². The van der Waals surface area contributed by atoms with Gasteiger partial charge in [0.05, 0.1) is 12.5 Å². The van der Waals surface area contributed by atoms with E-state index in [1.807, 2.05) is 18.2 Å². The highest BCUT2D eigenvalue weighted by Gasteiger charge is 2.30. The standard InChI is InChI=1S/C15H20N2O2/c1-10-7-16-9-13(10)15(18)17-8-12-6-11-4-2-3-5-14(11)19-12/h2-5,10,12-13,16H,6-9H2,1H3,(H,17,18)/t10-,12?,13-/m1/s1. The van der Waals surface area contributed by atoms with Gasteiger partial charge in [0, 0.05) is 13.0 Å². The van der Waals surface area contributed by atoms with Gasteiger partial charge in [-0.3, -0.25) is 4.79 Å². The van der Waals surface area contributed by atoms with Gasteiger partial charge in [-0.2, -0.15) is 0 Å². The van der Waals surface area contributed by atoms with E-state index in [1.165, 1.54) is 5.56 Å². The molecule has 0 saturated carbocycles. The number of amides is 1. The second-order valence-corrected chi connectivity index (χ2v) is 5.54. The van der Waals surface area contributed by atoms with E-state index in [-0.39, 0.29) is 17.9 Å². The molecule has 1 unspecified atom stereocenters. The zero-order valence-electron chi connectivity index (χ0n) is 11.2. The number of benzene rings is 1. The van der Waals surface area contributed by atoms with Crippen LogP contribution in [0, 0.1) is 11.8 Å². The molecule has 0 bridgehead atoms. The molecular formula is C15H20N2O2. The maximum atomic E-state index is 12.1. The Hall–Kier alpha value is -1.55. The summed E-state index contributed by atoms with van der Waals surface area (Å²) in [5.41, 5.74) is 1.23. The molecule has 102 valence electrons. The Morgan fingerprint density at radius 3 is 3.00 bits per heavy atom. The van der Waals surface area contributed by atoms with E-state index in [0.717, 1.165) is 25.3 Å². The number of nitrogens with one attached hydrogen (secondary N) is 2. The van der Waals surface area contributed by atoms with Crippen molar-refractivity contribution in [1.82, 2.24) is 10.6 Å². The van der Waals surface area contributed by atoms with Gasteiger partial charge >= 0.3 is 0 Å². The van der Waals surface area contributed by atoms with Crippen LogP contribution in [0.4, 0.5) is 0 Å². The molecule has 1 amide bonds. The quantitative estimate of drug-likeness (QED) is 0.851. The van der Waals surface area contributed by atoms with Crippen LogP contribution in [-0.4, -0.2) is 31.6 Å². The number of carbonyl (C=O) groups excluding carboxylic acids is 1. The number of ether oxygens (including phenoxy) is 1. The summed E-state index contributed by atoms with van der Waals surface area (Å²) in [5.74, 6) is 1.63. The monoisotopic (exact) mass is 260 g/mol. The largest absolute Gasteiger partial charge is 0.488 e. The van der Waals surface area contributed by atoms with Gasteiger partial charge in [-0.05, 0) is 24.1 Å². The van der Waals surface area contributed by atoms with Gasteiger partial charge in [0.15, 0.2) is 0 Å². The van der Waals surface area contributed by atoms with Crippen molar-refractivity contribution in [2.45, 2.75) is 19.4 Å². The molecule has 0 radical (unpaired) electrons. The molecule has 2 aliphatic rings. The number of hydrogen-bond donors (Lipinski definition) is 2. The van der Waals surface area contributed by atoms with Crippen molar-refractivity contribution in [2.75, 3.05) is 19.6 Å². The van der Waals surface area contributed by atoms with E-state index in [0.29, 0.717) is 12.5 Å². The van der Waals surface area contributed by atoms with E-state index in [2.05, 4.69) is 23.6 Å². The van der Waals surface area contributed by atoms with E-state index in [4.69, 9.17) is 4.74 Å². The lowest BCUT2D eigenvalue weighted by molar-refractivity contribution is -0.125. The molecule has 3 atom stereocenters. The third kappa shape index (κ3) is 2.59. The van der Waals surface area contributed by atoms with Crippen molar-refractivity contribution in [1.29, 1.82) is 0 Å². The Balaban J connectivity index is 1.50. The summed E-state index contributed by atoms with van der Waals surface area (Å²) < 4.78 is 5.82. The molecule has 1 aromatic carbocycles. The highest BCUT2D eigenvalue weighted by molar-refractivity contribution is 5.79. The van der Waals surface area contributed by atoms with Crippen molar-refractivity contribution in [3.05, 3.63) is 29.8 Å². The molecule has 4 nitrogen and oxygen atoms in total. The van der Waals surface area contributed by atoms with Crippen LogP contribution in [0.1, 0.15) is 12.5 Å². The molecule has 2 N–H and O–H groups in total. The van der Waals surface area contributed by atoms with Crippen LogP contribution in [0.3, 0.4) is 0 Å². The number of fused-ring (bicyclic) bond motifs is 1. The third-order valence-corrected chi connectivity index (χ3v) is 4.07. The summed E-state index contributed by atoms with van der Waals surface area (Å²) in [6.07, 6.45) is 0.959. The summed E-state index contributed by atoms with van der Waals surface area (Å²) in [6, 6.07) is 8.07. The minimum absolute atomic E-state index is 0.0750. The Labute approximate surface area is 113 Å². The molecule has 0 aliphatic carbocycles. The van der Waals surface area contributed by atoms with E-state index in [1.54, 1.807) is 0 Å². The second kappa shape index (κ2) is 5.21. The van der Waals surface area contributed by atoms with Crippen LogP contribution in [-0.2, 0) is 11.2 Å². The van der Waals surface area contributed by atoms with Crippen molar-refractivity contribution in [3.8, 4) is 5.75 Å². The first-order chi connectivity index (χ1) is 9.24. The highest BCUT2D eigenvalue weighted by Crippen LogP contribution is 2.27. The van der Waals surface area contributed by atoms with Crippen molar-refractivity contribution >= 4 is 5.91 Å². The average molecular weight is 260 g/mol. The van der Waals surface area contributed by atoms with E-state index < -0.39 is 0 Å². The molecule has 0 aromatic heterocycles. The number of rotatable bonds is 3. The van der Waals surface area contributed by atoms with Gasteiger partial charge in [0.2, 0.25) is 5.91 Å². The van der Waals surface area contributed by atoms with Crippen LogP contribution in [0.25, 0.3) is 0 Å². The predicted octanol–water partition coefficient (Wildman–Crippen LogP) is 0.962. The Kier molecular flexibility index (Phi) is 3.42. The molecule has 19 heavy (non-hydrogen) atoms. The van der Waals surface area contributed by atoms with Crippen LogP contribution < -0.4 is 15.4 Å². The molecule has 1 fully saturated rings. The fourth-order valence-electron chi connectivity index (χ4n) is 2.87. The molecular weight excluding hydrogens is 240 g/mol. The maximum Gasteiger partial charge on any atom is 0.224 e. The smallest absolute Gasteiger partial charge is 0.224 e. The van der Waals surface area contributed by atoms with Crippen molar-refractivity contribution in [2.24, 2.45) is 11.8 Å². The second-order valence-electron chi connectivity index (χ2n) is 5.54. The lowest BCUT2D eigenvalue weighted by Gasteiger charge is -2.16. The SMILES string of the molecule is C[C@@H]1CNC[C@H]1C(=O)NCC1Cc2ccccc2O1. The lowest BCUT2D eigenvalue weighted by atomic mass is 9.97. The molecule has 2 heterocycles. The van der Waals surface area contributed by atoms with Crippen LogP contribution in [0.5, 0.6) is 5.75 Å². The number of para-hydroxylation sites is 1. The first-order valence-electron chi connectivity index (χ1n) is 6.97. The zero-order chi connectivity index (χ0) is 13.2. The van der Waals surface area contributed by atoms with Crippen LogP contribution in [0.15, 0.2) is 24.3 Å². The van der Waals surface area contributed by atoms with Gasteiger partial charge in [-0.1, -0.05) is 25.1 Å². The summed E-state index contributed by atoms with van der Waals surface area (Å²) >= 11 is 0. The number of carbonyl (C=O) groups is 1. The Morgan fingerprint density at radius 1 is 1.42 bits per heavy atom. The van der Waals surface area contributed by atoms with Crippen LogP contribution in [0.2, 0.25) is 0 Å². The zero-order valence-corrected chi connectivity index (χ0v) is 11.2. The Morgan fingerprint density at radius 2 is 2.26 bits per heavy atom. The fraction of sp³-hybridized carbons (Fsp3) is 0.533. The van der Waals surface area contributed by atoms with Gasteiger partial charge in [-0.25, -0.2) is 0 Å². The minimum Gasteiger partial charge on any atom is -0.488 e. The predicted molar refractivity (Wildman–Crippen MR) is 73.1 cm³/mol. The Bertz CT molecular complexity index is 450. The van der Waals surface area contributed by atoms with E-state index >= 15 is 0 Å². The van der Waals surface area contributed by atoms with Crippen molar-refractivity contribution in [3.63, 3.8) is 0 Å². The highest BCUT2D eigenvalue weighted by atomic mass is 16.5. The summed E-state index contributed by atoms with van der Waals surface area (Å²) in [7, 11) is 0. The molecule has 4 heteroatoms. The van der Waals surface area contributed by atoms with Gasteiger partial charge in [-0.15, -0.1) is 0 Å². The van der Waals surface area contributed by atoms with Crippen LogP contribution >= 0.6 is 0 Å². The molecule has 0 spiro atoms. The average Bonchev–Trinajstić information content (AvgIpc) is 3.01. The fourth-order valence-corrected chi connectivity index (χ4v) is 2.87. The van der Waals surface area contributed by atoms with Gasteiger partial charge in [0.1, 0.15) is 11.9 Å². The topological polar surface area (TPSA) is 50.4 Å². The molecule has 2 aliphatic heterocycles. The summed E-state index contributed by atoms with van der Waals surface area (Å²) in [6.45, 7) is 4.44. The maximum absolute atomic E-state index is 12.1. The molecule has 1 saturated heterocycles. The summed E-state index contributed by atoms with van der Waals surface area (Å²) in [4.78, 5) is 12.1. The summed E-state index contributed by atoms with van der Waals surface area (Å²) in [5, 5.41) is 6.28. The normalized spacial score (nSPS) is 28.8. The third-order valence-electron chi connectivity index (χ3n) is 4.07. The van der Waals surface area contributed by atoms with Gasteiger partial charge < -0.3 is 15.4 Å². The first-order valence-corrected chi connectivity index (χ1v) is 6.97. The van der Waals surface area contributed by atoms with E-state index in [9.17, 15) is 4.79 Å². The lowest BCUT2D eigenvalue weighted by Crippen LogP contribution is -2.40.